The fourth-order valence-electron chi connectivity index (χ4n) is 8.51. The van der Waals surface area contributed by atoms with Gasteiger partial charge in [0.15, 0.2) is 0 Å². The zero-order valence-corrected chi connectivity index (χ0v) is 15.7. The first-order valence-corrected chi connectivity index (χ1v) is 10.7. The predicted molar refractivity (Wildman–Crippen MR) is 96.2 cm³/mol. The van der Waals surface area contributed by atoms with Crippen molar-refractivity contribution in [1.29, 1.82) is 0 Å². The van der Waals surface area contributed by atoms with Gasteiger partial charge in [0, 0.05) is 48.2 Å². The number of fused-ring (bicyclic) bond motifs is 1. The van der Waals surface area contributed by atoms with E-state index in [1.54, 1.807) is 5.57 Å². The van der Waals surface area contributed by atoms with Crippen LogP contribution in [-0.2, 0) is 14.3 Å². The van der Waals surface area contributed by atoms with Crippen molar-refractivity contribution in [1.82, 2.24) is 4.90 Å². The van der Waals surface area contributed by atoms with Crippen LogP contribution in [0, 0.1) is 34.5 Å². The molecule has 0 aromatic rings. The second kappa shape index (κ2) is 5.01. The molecule has 3 saturated heterocycles. The normalized spacial score (nSPS) is 52.5. The van der Waals surface area contributed by atoms with Crippen LogP contribution in [-0.4, -0.2) is 42.4 Å². The average Bonchev–Trinajstić information content (AvgIpc) is 3.12. The van der Waals surface area contributed by atoms with Crippen LogP contribution >= 0.6 is 0 Å². The molecule has 0 spiro atoms. The highest BCUT2D eigenvalue weighted by atomic mass is 16.5. The van der Waals surface area contributed by atoms with Crippen molar-refractivity contribution in [2.75, 3.05) is 19.7 Å². The minimum absolute atomic E-state index is 0.00956. The van der Waals surface area contributed by atoms with E-state index in [9.17, 15) is 9.59 Å². The summed E-state index contributed by atoms with van der Waals surface area (Å²) >= 11 is 0. The highest BCUT2D eigenvalue weighted by molar-refractivity contribution is 5.86. The Kier molecular flexibility index (Phi) is 3.05. The van der Waals surface area contributed by atoms with Gasteiger partial charge in [0.25, 0.3) is 0 Å². The molecule has 0 aromatic carbocycles. The van der Waals surface area contributed by atoms with Gasteiger partial charge in [-0.25, -0.2) is 0 Å². The predicted octanol–water partition coefficient (Wildman–Crippen LogP) is 2.97. The number of ether oxygens (including phenoxy) is 1. The molecule has 0 amide bonds. The number of piperidine rings is 2. The first-order chi connectivity index (χ1) is 12.6. The second-order valence-electron chi connectivity index (χ2n) is 10.0. The standard InChI is InChI=1S/C22H29NO3/c1-13-10-23-11-15-6-5-14-3-2-4-17(14)22-8-7-18(24)26-12-21(15,22)9-16(19(13)25)20(22)23/h4,13-16,20H,2-3,5-12H2,1H3. The van der Waals surface area contributed by atoms with Gasteiger partial charge < -0.3 is 4.74 Å². The molecule has 3 aliphatic heterocycles. The number of cyclic esters (lactones) is 1. The molecule has 0 N–H and O–H groups in total. The van der Waals surface area contributed by atoms with Crippen molar-refractivity contribution in [3.8, 4) is 0 Å². The number of hydrogen-bond donors (Lipinski definition) is 0. The van der Waals surface area contributed by atoms with E-state index in [4.69, 9.17) is 4.74 Å². The lowest BCUT2D eigenvalue weighted by molar-refractivity contribution is -0.151. The summed E-state index contributed by atoms with van der Waals surface area (Å²) in [7, 11) is 0. The van der Waals surface area contributed by atoms with Crippen LogP contribution in [0.25, 0.3) is 0 Å². The monoisotopic (exact) mass is 355 g/mol. The van der Waals surface area contributed by atoms with E-state index in [1.807, 2.05) is 0 Å². The van der Waals surface area contributed by atoms with E-state index in [0.29, 0.717) is 36.7 Å². The number of carbonyl (C=O) groups is 2. The molecule has 140 valence electrons. The molecule has 6 aliphatic rings. The molecule has 5 fully saturated rings. The Morgan fingerprint density at radius 2 is 2.08 bits per heavy atom. The molecule has 4 nitrogen and oxygen atoms in total. The Labute approximate surface area is 155 Å². The highest BCUT2D eigenvalue weighted by Crippen LogP contribution is 2.74. The Balaban J connectivity index is 1.62. The molecule has 4 heteroatoms. The van der Waals surface area contributed by atoms with Gasteiger partial charge in [0.2, 0.25) is 0 Å². The lowest BCUT2D eigenvalue weighted by atomic mass is 9.51. The van der Waals surface area contributed by atoms with Gasteiger partial charge in [-0.1, -0.05) is 18.6 Å². The molecule has 3 heterocycles. The lowest BCUT2D eigenvalue weighted by Crippen LogP contribution is -2.65. The van der Waals surface area contributed by atoms with Crippen molar-refractivity contribution < 1.29 is 14.3 Å². The number of nitrogens with zero attached hydrogens (tertiary/aromatic N) is 1. The molecule has 7 unspecified atom stereocenters. The third-order valence-electron chi connectivity index (χ3n) is 9.26. The Bertz CT molecular complexity index is 729. The van der Waals surface area contributed by atoms with Crippen LogP contribution in [0.2, 0.25) is 0 Å². The van der Waals surface area contributed by atoms with E-state index < -0.39 is 0 Å². The van der Waals surface area contributed by atoms with Crippen molar-refractivity contribution in [2.24, 2.45) is 34.5 Å². The van der Waals surface area contributed by atoms with E-state index in [2.05, 4.69) is 17.9 Å². The van der Waals surface area contributed by atoms with Crippen molar-refractivity contribution in [3.05, 3.63) is 11.6 Å². The fourth-order valence-corrected chi connectivity index (χ4v) is 8.51. The van der Waals surface area contributed by atoms with E-state index >= 15 is 0 Å². The second-order valence-corrected chi connectivity index (χ2v) is 10.0. The minimum Gasteiger partial charge on any atom is -0.465 e. The summed E-state index contributed by atoms with van der Waals surface area (Å²) in [5, 5.41) is 0. The minimum atomic E-state index is -0.0203. The fraction of sp³-hybridized carbons (Fsp3) is 0.818. The summed E-state index contributed by atoms with van der Waals surface area (Å²) in [5.41, 5.74) is 1.66. The van der Waals surface area contributed by atoms with Crippen LogP contribution in [0.15, 0.2) is 11.6 Å². The van der Waals surface area contributed by atoms with Gasteiger partial charge in [-0.2, -0.15) is 0 Å². The smallest absolute Gasteiger partial charge is 0.305 e. The number of Topliss-reactive ketones (excluding diaryl/α,β-unsaturated/α-hetero) is 1. The molecule has 4 bridgehead atoms. The summed E-state index contributed by atoms with van der Waals surface area (Å²) in [6.45, 7) is 4.71. The van der Waals surface area contributed by atoms with Gasteiger partial charge in [-0.15, -0.1) is 0 Å². The van der Waals surface area contributed by atoms with E-state index in [-0.39, 0.29) is 28.6 Å². The van der Waals surface area contributed by atoms with Crippen LogP contribution in [0.5, 0.6) is 0 Å². The van der Waals surface area contributed by atoms with Crippen molar-refractivity contribution >= 4 is 11.8 Å². The molecular weight excluding hydrogens is 326 g/mol. The summed E-state index contributed by atoms with van der Waals surface area (Å²) in [4.78, 5) is 28.2. The van der Waals surface area contributed by atoms with Crippen LogP contribution in [0.3, 0.4) is 0 Å². The molecule has 7 atom stereocenters. The maximum absolute atomic E-state index is 13.2. The third-order valence-corrected chi connectivity index (χ3v) is 9.26. The molecule has 2 saturated carbocycles. The summed E-state index contributed by atoms with van der Waals surface area (Å²) < 4.78 is 5.84. The van der Waals surface area contributed by atoms with Crippen molar-refractivity contribution in [2.45, 2.75) is 57.9 Å². The third kappa shape index (κ3) is 1.63. The number of esters is 1. The largest absolute Gasteiger partial charge is 0.465 e. The zero-order valence-electron chi connectivity index (χ0n) is 15.7. The SMILES string of the molecule is CC1CN2CC3CCC4CCC=C4C45CCC(=O)OCC34CC(C1=O)C25. The Hall–Kier alpha value is -1.16. The molecule has 26 heavy (non-hydrogen) atoms. The molecule has 6 rings (SSSR count). The first-order valence-electron chi connectivity index (χ1n) is 10.7. The van der Waals surface area contributed by atoms with Crippen molar-refractivity contribution in [3.63, 3.8) is 0 Å². The summed E-state index contributed by atoms with van der Waals surface area (Å²) in [5.74, 6) is 2.03. The maximum atomic E-state index is 13.2. The van der Waals surface area contributed by atoms with Gasteiger partial charge in [0.1, 0.15) is 5.78 Å². The number of allylic oxidation sites excluding steroid dienone is 1. The number of hydrogen-bond acceptors (Lipinski definition) is 4. The molecule has 3 aliphatic carbocycles. The number of carbonyl (C=O) groups excluding carboxylic acids is 2. The van der Waals surface area contributed by atoms with Crippen LogP contribution in [0.1, 0.15) is 51.9 Å². The Morgan fingerprint density at radius 1 is 1.19 bits per heavy atom. The topological polar surface area (TPSA) is 46.6 Å². The van der Waals surface area contributed by atoms with E-state index in [0.717, 1.165) is 25.9 Å². The molecule has 0 aromatic heterocycles. The van der Waals surface area contributed by atoms with Gasteiger partial charge in [-0.3, -0.25) is 14.5 Å². The first kappa shape index (κ1) is 15.9. The highest BCUT2D eigenvalue weighted by Gasteiger charge is 2.75. The van der Waals surface area contributed by atoms with Crippen LogP contribution in [0.4, 0.5) is 0 Å². The number of rotatable bonds is 0. The van der Waals surface area contributed by atoms with Crippen LogP contribution < -0.4 is 0 Å². The van der Waals surface area contributed by atoms with Gasteiger partial charge in [-0.05, 0) is 50.4 Å². The summed E-state index contributed by atoms with van der Waals surface area (Å²) in [6.07, 6.45) is 9.90. The quantitative estimate of drug-likeness (QED) is 0.495. The average molecular weight is 355 g/mol. The molecule has 0 radical (unpaired) electrons. The number of ketones is 1. The summed E-state index contributed by atoms with van der Waals surface area (Å²) in [6, 6.07) is 0.321. The lowest BCUT2D eigenvalue weighted by Gasteiger charge is -2.60. The maximum Gasteiger partial charge on any atom is 0.305 e. The van der Waals surface area contributed by atoms with Gasteiger partial charge >= 0.3 is 5.97 Å². The van der Waals surface area contributed by atoms with Gasteiger partial charge in [0.05, 0.1) is 6.61 Å². The van der Waals surface area contributed by atoms with E-state index in [1.165, 1.54) is 25.7 Å². The Morgan fingerprint density at radius 3 is 2.96 bits per heavy atom. The molecular formula is C22H29NO3. The zero-order chi connectivity index (χ0) is 17.7.